The third kappa shape index (κ3) is 6.97. The average molecular weight is 366 g/mol. The van der Waals surface area contributed by atoms with Gasteiger partial charge < -0.3 is 9.47 Å². The van der Waals surface area contributed by atoms with E-state index >= 15 is 0 Å². The molecule has 27 heavy (non-hydrogen) atoms. The first-order valence-corrected chi connectivity index (χ1v) is 8.09. The van der Waals surface area contributed by atoms with E-state index in [1.54, 1.807) is 24.3 Å². The third-order valence-corrected chi connectivity index (χ3v) is 3.45. The van der Waals surface area contributed by atoms with Gasteiger partial charge in [0.15, 0.2) is 0 Å². The molecule has 0 spiro atoms. The van der Waals surface area contributed by atoms with Crippen LogP contribution in [0.25, 0.3) is 0 Å². The minimum Gasteiger partial charge on any atom is -0.459 e. The summed E-state index contributed by atoms with van der Waals surface area (Å²) in [5, 5.41) is 2.59. The fraction of sp³-hybridized carbons (Fsp3) is 0.150. The highest BCUT2D eigenvalue weighted by molar-refractivity contribution is 5.84. The van der Waals surface area contributed by atoms with Crippen molar-refractivity contribution in [3.8, 4) is 0 Å². The van der Waals surface area contributed by atoms with Crippen molar-refractivity contribution < 1.29 is 23.9 Å². The van der Waals surface area contributed by atoms with E-state index in [4.69, 9.17) is 9.47 Å². The molecule has 0 aliphatic heterocycles. The SMILES string of the molecule is C=CC(=O)OCCOC(=O)Nc1ccc(Cc2ccc(N=C=O)cc2)cc1. The van der Waals surface area contributed by atoms with Crippen molar-refractivity contribution in [3.05, 3.63) is 72.3 Å². The van der Waals surface area contributed by atoms with E-state index in [-0.39, 0.29) is 13.2 Å². The molecule has 7 heteroatoms. The van der Waals surface area contributed by atoms with E-state index < -0.39 is 12.1 Å². The number of amides is 1. The minimum absolute atomic E-state index is 0.0336. The van der Waals surface area contributed by atoms with E-state index in [1.807, 2.05) is 24.3 Å². The van der Waals surface area contributed by atoms with Crippen LogP contribution in [0.5, 0.6) is 0 Å². The zero-order valence-electron chi connectivity index (χ0n) is 14.5. The summed E-state index contributed by atoms with van der Waals surface area (Å²) in [5.74, 6) is -0.569. The van der Waals surface area contributed by atoms with Crippen LogP contribution >= 0.6 is 0 Å². The van der Waals surface area contributed by atoms with Gasteiger partial charge in [-0.3, -0.25) is 5.32 Å². The summed E-state index contributed by atoms with van der Waals surface area (Å²) in [7, 11) is 0. The molecule has 0 saturated heterocycles. The second kappa shape index (κ2) is 10.3. The summed E-state index contributed by atoms with van der Waals surface area (Å²) >= 11 is 0. The predicted octanol–water partition coefficient (Wildman–Crippen LogP) is 3.52. The van der Waals surface area contributed by atoms with Crippen molar-refractivity contribution in [3.63, 3.8) is 0 Å². The normalized spacial score (nSPS) is 9.63. The summed E-state index contributed by atoms with van der Waals surface area (Å²) in [6, 6.07) is 14.6. The molecule has 0 radical (unpaired) electrons. The van der Waals surface area contributed by atoms with Gasteiger partial charge in [0.05, 0.1) is 5.69 Å². The zero-order chi connectivity index (χ0) is 19.5. The van der Waals surface area contributed by atoms with E-state index in [0.717, 1.165) is 17.2 Å². The first kappa shape index (κ1) is 19.6. The number of isocyanates is 1. The van der Waals surface area contributed by atoms with Gasteiger partial charge in [-0.25, -0.2) is 14.4 Å². The standard InChI is InChI=1S/C20H18N2O5/c1-2-19(24)26-11-12-27-20(25)22-18-9-5-16(6-10-18)13-15-3-7-17(8-4-15)21-14-23/h2-10H,1,11-13H2,(H,22,25). The Hall–Kier alpha value is -3.70. The van der Waals surface area contributed by atoms with Crippen LogP contribution in [-0.2, 0) is 25.5 Å². The maximum Gasteiger partial charge on any atom is 0.411 e. The molecule has 2 aromatic rings. The molecule has 0 heterocycles. The molecule has 0 aromatic heterocycles. The molecule has 0 aliphatic rings. The molecule has 0 atom stereocenters. The monoisotopic (exact) mass is 366 g/mol. The molecule has 1 amide bonds. The Kier molecular flexibility index (Phi) is 7.51. The summed E-state index contributed by atoms with van der Waals surface area (Å²) < 4.78 is 9.60. The second-order valence-corrected chi connectivity index (χ2v) is 5.38. The molecule has 0 aliphatic carbocycles. The van der Waals surface area contributed by atoms with Gasteiger partial charge in [-0.15, -0.1) is 0 Å². The van der Waals surface area contributed by atoms with Crippen LogP contribution in [-0.4, -0.2) is 31.4 Å². The van der Waals surface area contributed by atoms with E-state index in [9.17, 15) is 14.4 Å². The fourth-order valence-electron chi connectivity index (χ4n) is 2.17. The maximum atomic E-state index is 11.7. The van der Waals surface area contributed by atoms with Gasteiger partial charge >= 0.3 is 12.1 Å². The number of carbonyl (C=O) groups excluding carboxylic acids is 3. The number of nitrogens with zero attached hydrogens (tertiary/aromatic N) is 1. The molecular formula is C20H18N2O5. The third-order valence-electron chi connectivity index (χ3n) is 3.45. The van der Waals surface area contributed by atoms with Crippen LogP contribution in [0.2, 0.25) is 0 Å². The molecule has 138 valence electrons. The topological polar surface area (TPSA) is 94.1 Å². The molecule has 0 saturated carbocycles. The molecule has 1 N–H and O–H groups in total. The van der Waals surface area contributed by atoms with Crippen LogP contribution < -0.4 is 5.32 Å². The van der Waals surface area contributed by atoms with Gasteiger partial charge in [0.2, 0.25) is 6.08 Å². The lowest BCUT2D eigenvalue weighted by Gasteiger charge is -2.08. The Balaban J connectivity index is 1.80. The predicted molar refractivity (Wildman–Crippen MR) is 99.6 cm³/mol. The zero-order valence-corrected chi connectivity index (χ0v) is 14.5. The number of aliphatic imine (C=N–C) groups is 1. The van der Waals surface area contributed by atoms with E-state index in [0.29, 0.717) is 17.8 Å². The lowest BCUT2D eigenvalue weighted by atomic mass is 10.0. The maximum absolute atomic E-state index is 11.7. The van der Waals surface area contributed by atoms with E-state index in [1.165, 1.54) is 6.08 Å². The number of carbonyl (C=O) groups is 2. The van der Waals surface area contributed by atoms with E-state index in [2.05, 4.69) is 16.9 Å². The van der Waals surface area contributed by atoms with Crippen LogP contribution in [0.4, 0.5) is 16.2 Å². The minimum atomic E-state index is -0.635. The van der Waals surface area contributed by atoms with Gasteiger partial charge in [-0.05, 0) is 41.8 Å². The summed E-state index contributed by atoms with van der Waals surface area (Å²) in [6.45, 7) is 3.18. The average Bonchev–Trinajstić information content (AvgIpc) is 2.68. The number of anilines is 1. The number of benzene rings is 2. The lowest BCUT2D eigenvalue weighted by Crippen LogP contribution is -2.17. The van der Waals surface area contributed by atoms with Crippen molar-refractivity contribution in [1.82, 2.24) is 0 Å². The van der Waals surface area contributed by atoms with Crippen LogP contribution in [0.3, 0.4) is 0 Å². The number of esters is 1. The Morgan fingerprint density at radius 3 is 2.19 bits per heavy atom. The molecule has 2 rings (SSSR count). The van der Waals surface area contributed by atoms with Crippen molar-refractivity contribution in [2.45, 2.75) is 6.42 Å². The quantitative estimate of drug-likeness (QED) is 0.254. The molecule has 2 aromatic carbocycles. The Labute approximate surface area is 156 Å². The fourth-order valence-corrected chi connectivity index (χ4v) is 2.17. The summed E-state index contributed by atoms with van der Waals surface area (Å²) in [5.41, 5.74) is 3.26. The smallest absolute Gasteiger partial charge is 0.411 e. The van der Waals surface area contributed by atoms with Gasteiger partial charge in [0.1, 0.15) is 13.2 Å². The number of hydrogen-bond donors (Lipinski definition) is 1. The number of hydrogen-bond acceptors (Lipinski definition) is 6. The van der Waals surface area contributed by atoms with Gasteiger partial charge in [0.25, 0.3) is 0 Å². The van der Waals surface area contributed by atoms with Crippen molar-refractivity contribution in [2.24, 2.45) is 4.99 Å². The molecule has 0 fully saturated rings. The number of rotatable bonds is 8. The van der Waals surface area contributed by atoms with Crippen molar-refractivity contribution in [1.29, 1.82) is 0 Å². The molecule has 7 nitrogen and oxygen atoms in total. The molecule has 0 bridgehead atoms. The highest BCUT2D eigenvalue weighted by Gasteiger charge is 2.04. The first-order valence-electron chi connectivity index (χ1n) is 8.09. The first-order chi connectivity index (χ1) is 13.1. The Bertz CT molecular complexity index is 838. The highest BCUT2D eigenvalue weighted by atomic mass is 16.6. The lowest BCUT2D eigenvalue weighted by molar-refractivity contribution is -0.138. The van der Waals surface area contributed by atoms with Crippen LogP contribution in [0, 0.1) is 0 Å². The van der Waals surface area contributed by atoms with Crippen molar-refractivity contribution >= 4 is 29.5 Å². The van der Waals surface area contributed by atoms with Gasteiger partial charge in [-0.2, -0.15) is 4.99 Å². The number of ether oxygens (including phenoxy) is 2. The van der Waals surface area contributed by atoms with Gasteiger partial charge in [-0.1, -0.05) is 30.8 Å². The van der Waals surface area contributed by atoms with Crippen molar-refractivity contribution in [2.75, 3.05) is 18.5 Å². The summed E-state index contributed by atoms with van der Waals surface area (Å²) in [6.07, 6.45) is 2.60. The molecule has 0 unspecified atom stereocenters. The Morgan fingerprint density at radius 2 is 1.59 bits per heavy atom. The highest BCUT2D eigenvalue weighted by Crippen LogP contribution is 2.17. The molecular weight excluding hydrogens is 348 g/mol. The Morgan fingerprint density at radius 1 is 1.00 bits per heavy atom. The van der Waals surface area contributed by atoms with Crippen LogP contribution in [0.15, 0.2) is 66.2 Å². The summed E-state index contributed by atoms with van der Waals surface area (Å²) in [4.78, 5) is 36.3. The van der Waals surface area contributed by atoms with Gasteiger partial charge in [0, 0.05) is 11.8 Å². The number of nitrogens with one attached hydrogen (secondary N) is 1. The largest absolute Gasteiger partial charge is 0.459 e. The van der Waals surface area contributed by atoms with Crippen LogP contribution in [0.1, 0.15) is 11.1 Å². The second-order valence-electron chi connectivity index (χ2n) is 5.38.